The molecule has 0 saturated heterocycles. The molecule has 0 aromatic carbocycles. The van der Waals surface area contributed by atoms with Gasteiger partial charge in [0, 0.05) is 19.3 Å². The minimum absolute atomic E-state index is 0.0643. The Labute approximate surface area is 205 Å². The fourth-order valence-corrected chi connectivity index (χ4v) is 10.4. The Balaban J connectivity index is 1.60. The van der Waals surface area contributed by atoms with Gasteiger partial charge in [0.05, 0.1) is 12.2 Å². The molecule has 0 amide bonds. The lowest BCUT2D eigenvalue weighted by atomic mass is 9.34. The highest BCUT2D eigenvalue weighted by molar-refractivity contribution is 5.66. The number of esters is 2. The maximum absolute atomic E-state index is 12.4. The highest BCUT2D eigenvalue weighted by Gasteiger charge is 2.71. The number of rotatable bonds is 2. The molecule has 0 unspecified atom stereocenters. The van der Waals surface area contributed by atoms with E-state index in [0.717, 1.165) is 19.3 Å². The summed E-state index contributed by atoms with van der Waals surface area (Å²) in [4.78, 5) is 24.4. The first kappa shape index (κ1) is 24.2. The second kappa shape index (κ2) is 7.74. The second-order valence-electron chi connectivity index (χ2n) is 13.6. The van der Waals surface area contributed by atoms with Crippen LogP contribution in [0.25, 0.3) is 0 Å². The van der Waals surface area contributed by atoms with Crippen LogP contribution >= 0.6 is 0 Å². The van der Waals surface area contributed by atoms with Gasteiger partial charge in [-0.2, -0.15) is 0 Å². The molecule has 5 nitrogen and oxygen atoms in total. The van der Waals surface area contributed by atoms with Gasteiger partial charge in [0.15, 0.2) is 0 Å². The van der Waals surface area contributed by atoms with Crippen molar-refractivity contribution in [2.24, 2.45) is 45.3 Å². The third-order valence-corrected chi connectivity index (χ3v) is 11.5. The van der Waals surface area contributed by atoms with E-state index in [0.29, 0.717) is 23.2 Å². The largest absolute Gasteiger partial charge is 0.462 e. The van der Waals surface area contributed by atoms with Crippen LogP contribution in [0.3, 0.4) is 0 Å². The molecule has 0 spiro atoms. The molecule has 4 fully saturated rings. The molecule has 190 valence electrons. The Morgan fingerprint density at radius 2 is 1.56 bits per heavy atom. The van der Waals surface area contributed by atoms with Crippen LogP contribution in [0.5, 0.6) is 0 Å². The molecule has 5 rings (SSSR count). The number of carbonyl (C=O) groups excluding carboxylic acids is 2. The number of hydrogen-bond donors (Lipinski definition) is 0. The van der Waals surface area contributed by atoms with E-state index in [9.17, 15) is 9.59 Å². The van der Waals surface area contributed by atoms with E-state index in [1.54, 1.807) is 0 Å². The Morgan fingerprint density at radius 1 is 0.882 bits per heavy atom. The third-order valence-electron chi connectivity index (χ3n) is 11.5. The van der Waals surface area contributed by atoms with Crippen molar-refractivity contribution >= 4 is 11.9 Å². The lowest BCUT2D eigenvalue weighted by Gasteiger charge is -2.71. The molecule has 1 heterocycles. The van der Waals surface area contributed by atoms with Crippen molar-refractivity contribution in [2.75, 3.05) is 0 Å². The van der Waals surface area contributed by atoms with E-state index in [2.05, 4.69) is 34.6 Å². The summed E-state index contributed by atoms with van der Waals surface area (Å²) in [5.74, 6) is 0.997. The van der Waals surface area contributed by atoms with Gasteiger partial charge in [-0.25, -0.2) is 0 Å². The first-order valence-electron chi connectivity index (χ1n) is 13.5. The van der Waals surface area contributed by atoms with E-state index >= 15 is 0 Å². The van der Waals surface area contributed by atoms with Gasteiger partial charge in [0.25, 0.3) is 6.29 Å². The fraction of sp³-hybridized carbons (Fsp3) is 0.862. The molecular formula is C29H44O5. The standard InChI is InChI=1S/C29H44O5/c1-17(30)33-23-15-22-27(5)13-8-12-26(3,4)20(27)11-14-28(22,6)21-10-9-19-16-32-25(34-18(2)31)24(19)29(21,23)7/h16,20-25H,8-15H2,1-7H3/t20-,21-,22+,23+,24+,25-,27-,28-,29+/m0/s1. The molecule has 0 radical (unpaired) electrons. The molecular weight excluding hydrogens is 428 g/mol. The predicted molar refractivity (Wildman–Crippen MR) is 129 cm³/mol. The Kier molecular flexibility index (Phi) is 5.50. The van der Waals surface area contributed by atoms with Gasteiger partial charge in [0.1, 0.15) is 6.10 Å². The van der Waals surface area contributed by atoms with Crippen LogP contribution in [0, 0.1) is 45.3 Å². The van der Waals surface area contributed by atoms with Crippen molar-refractivity contribution in [2.45, 2.75) is 112 Å². The SMILES string of the molecule is CC(=O)O[C@@H]1OC=C2CC[C@H]3[C@]4(C)CC[C@H]5C(C)(C)CCC[C@]5(C)[C@H]4C[C@@H](OC(C)=O)[C@]3(C)[C@H]21. The lowest BCUT2D eigenvalue weighted by Crippen LogP contribution is -2.67. The van der Waals surface area contributed by atoms with Gasteiger partial charge in [-0.3, -0.25) is 9.59 Å². The molecule has 34 heavy (non-hydrogen) atoms. The zero-order chi connectivity index (χ0) is 24.7. The van der Waals surface area contributed by atoms with Crippen molar-refractivity contribution in [1.82, 2.24) is 0 Å². The zero-order valence-electron chi connectivity index (χ0n) is 22.2. The molecule has 5 aliphatic rings. The topological polar surface area (TPSA) is 61.8 Å². The molecule has 0 N–H and O–H groups in total. The summed E-state index contributed by atoms with van der Waals surface area (Å²) in [6.45, 7) is 15.3. The maximum Gasteiger partial charge on any atom is 0.305 e. The number of fused-ring (bicyclic) bond motifs is 7. The Morgan fingerprint density at radius 3 is 2.24 bits per heavy atom. The van der Waals surface area contributed by atoms with Gasteiger partial charge in [0.2, 0.25) is 0 Å². The van der Waals surface area contributed by atoms with Gasteiger partial charge >= 0.3 is 11.9 Å². The van der Waals surface area contributed by atoms with Crippen LogP contribution in [0.1, 0.15) is 99.8 Å². The van der Waals surface area contributed by atoms with Crippen LogP contribution in [-0.4, -0.2) is 24.3 Å². The van der Waals surface area contributed by atoms with E-state index in [-0.39, 0.29) is 40.2 Å². The quantitative estimate of drug-likeness (QED) is 0.435. The van der Waals surface area contributed by atoms with Crippen LogP contribution < -0.4 is 0 Å². The molecule has 1 aliphatic heterocycles. The average molecular weight is 473 g/mol. The molecule has 4 saturated carbocycles. The smallest absolute Gasteiger partial charge is 0.305 e. The van der Waals surface area contributed by atoms with Crippen LogP contribution in [-0.2, 0) is 23.8 Å². The monoisotopic (exact) mass is 472 g/mol. The Hall–Kier alpha value is -1.52. The molecule has 0 aromatic heterocycles. The van der Waals surface area contributed by atoms with Gasteiger partial charge < -0.3 is 14.2 Å². The van der Waals surface area contributed by atoms with Crippen molar-refractivity contribution in [1.29, 1.82) is 0 Å². The Bertz CT molecular complexity index is 906. The summed E-state index contributed by atoms with van der Waals surface area (Å²) < 4.78 is 17.9. The third kappa shape index (κ3) is 3.24. The first-order valence-corrected chi connectivity index (χ1v) is 13.5. The highest BCUT2D eigenvalue weighted by Crippen LogP contribution is 2.74. The van der Waals surface area contributed by atoms with Crippen molar-refractivity contribution < 1.29 is 23.8 Å². The van der Waals surface area contributed by atoms with Gasteiger partial charge in [-0.1, -0.05) is 41.0 Å². The zero-order valence-corrected chi connectivity index (χ0v) is 22.2. The normalized spacial score (nSPS) is 48.7. The summed E-state index contributed by atoms with van der Waals surface area (Å²) in [6, 6.07) is 0. The molecule has 4 aliphatic carbocycles. The number of ether oxygens (including phenoxy) is 3. The van der Waals surface area contributed by atoms with Gasteiger partial charge in [-0.05, 0) is 84.5 Å². The predicted octanol–water partition coefficient (Wildman–Crippen LogP) is 6.41. The second-order valence-corrected chi connectivity index (χ2v) is 13.6. The summed E-state index contributed by atoms with van der Waals surface area (Å²) in [5, 5.41) is 0. The summed E-state index contributed by atoms with van der Waals surface area (Å²) in [6.07, 6.45) is 10.3. The van der Waals surface area contributed by atoms with Crippen molar-refractivity contribution in [3.8, 4) is 0 Å². The molecule has 5 heteroatoms. The average Bonchev–Trinajstić information content (AvgIpc) is 3.12. The molecule has 0 aromatic rings. The first-order chi connectivity index (χ1) is 15.8. The summed E-state index contributed by atoms with van der Waals surface area (Å²) in [5.41, 5.74) is 1.66. The number of carbonyl (C=O) groups is 2. The van der Waals surface area contributed by atoms with Crippen LogP contribution in [0.2, 0.25) is 0 Å². The molecule has 9 atom stereocenters. The minimum Gasteiger partial charge on any atom is -0.462 e. The van der Waals surface area contributed by atoms with E-state index < -0.39 is 6.29 Å². The number of hydrogen-bond acceptors (Lipinski definition) is 5. The van der Waals surface area contributed by atoms with Gasteiger partial charge in [-0.15, -0.1) is 0 Å². The molecule has 0 bridgehead atoms. The van der Waals surface area contributed by atoms with Crippen molar-refractivity contribution in [3.05, 3.63) is 11.8 Å². The van der Waals surface area contributed by atoms with E-state index in [1.165, 1.54) is 51.5 Å². The van der Waals surface area contributed by atoms with E-state index in [4.69, 9.17) is 14.2 Å². The minimum atomic E-state index is -0.626. The van der Waals surface area contributed by atoms with Crippen molar-refractivity contribution in [3.63, 3.8) is 0 Å². The van der Waals surface area contributed by atoms with E-state index in [1.807, 2.05) is 6.26 Å². The lowest BCUT2D eigenvalue weighted by molar-refractivity contribution is -0.260. The van der Waals surface area contributed by atoms with Crippen LogP contribution in [0.15, 0.2) is 11.8 Å². The maximum atomic E-state index is 12.4. The highest BCUT2D eigenvalue weighted by atomic mass is 16.7. The fourth-order valence-electron chi connectivity index (χ4n) is 10.4. The summed E-state index contributed by atoms with van der Waals surface area (Å²) in [7, 11) is 0. The summed E-state index contributed by atoms with van der Waals surface area (Å²) >= 11 is 0. The van der Waals surface area contributed by atoms with Crippen LogP contribution in [0.4, 0.5) is 0 Å².